The van der Waals surface area contributed by atoms with Crippen LogP contribution < -0.4 is 0 Å². The molecule has 64 heavy (non-hydrogen) atoms. The first-order chi connectivity index (χ1) is 31.6. The number of esters is 2. The van der Waals surface area contributed by atoms with Gasteiger partial charge < -0.3 is 14.6 Å². The molecule has 1 atom stereocenters. The molecular formula is C59H108O5. The van der Waals surface area contributed by atoms with Gasteiger partial charge in [0.1, 0.15) is 6.61 Å². The molecule has 0 amide bonds. The van der Waals surface area contributed by atoms with Crippen LogP contribution in [0.1, 0.15) is 296 Å². The first kappa shape index (κ1) is 61.9. The molecule has 0 aromatic rings. The Balaban J connectivity index is 3.41. The minimum absolute atomic E-state index is 0.0675. The number of allylic oxidation sites excluding steroid dienone is 8. The standard InChI is InChI=1S/C59H108O5/c1-3-5-7-9-11-13-15-17-19-21-22-23-24-25-26-27-28-29-30-31-32-33-34-35-36-38-39-41-43-45-47-49-51-53-58(61)63-56-57(55-60)64-59(62)54-52-50-48-46-44-42-40-37-20-18-16-14-12-10-8-6-4-2/h6,8,12,14,18,20-22,57,60H,3-5,7,9-11,13,15-17,19,23-56H2,1-2H3/b8-6-,14-12-,20-18-,22-21-. The molecule has 0 saturated carbocycles. The Bertz CT molecular complexity index is 1060. The lowest BCUT2D eigenvalue weighted by Gasteiger charge is -2.15. The monoisotopic (exact) mass is 897 g/mol. The molecule has 0 aromatic heterocycles. The van der Waals surface area contributed by atoms with Crippen LogP contribution in [0.15, 0.2) is 48.6 Å². The molecule has 0 rings (SSSR count). The Labute approximate surface area is 398 Å². The van der Waals surface area contributed by atoms with Crippen molar-refractivity contribution in [3.8, 4) is 0 Å². The normalized spacial score (nSPS) is 12.5. The van der Waals surface area contributed by atoms with E-state index in [0.29, 0.717) is 12.8 Å². The van der Waals surface area contributed by atoms with Crippen molar-refractivity contribution in [1.82, 2.24) is 0 Å². The predicted molar refractivity (Wildman–Crippen MR) is 279 cm³/mol. The number of rotatable bonds is 52. The van der Waals surface area contributed by atoms with Gasteiger partial charge >= 0.3 is 11.9 Å². The lowest BCUT2D eigenvalue weighted by Crippen LogP contribution is -2.28. The van der Waals surface area contributed by atoms with Crippen molar-refractivity contribution in [2.24, 2.45) is 0 Å². The minimum atomic E-state index is -0.777. The lowest BCUT2D eigenvalue weighted by molar-refractivity contribution is -0.161. The predicted octanol–water partition coefficient (Wildman–Crippen LogP) is 18.9. The third-order valence-electron chi connectivity index (χ3n) is 12.6. The van der Waals surface area contributed by atoms with Crippen molar-refractivity contribution in [2.75, 3.05) is 13.2 Å². The van der Waals surface area contributed by atoms with E-state index in [1.54, 1.807) is 0 Å². The van der Waals surface area contributed by atoms with Crippen molar-refractivity contribution in [2.45, 2.75) is 302 Å². The van der Waals surface area contributed by atoms with Gasteiger partial charge in [-0.2, -0.15) is 0 Å². The van der Waals surface area contributed by atoms with Crippen LogP contribution in [0.25, 0.3) is 0 Å². The van der Waals surface area contributed by atoms with Crippen LogP contribution in [-0.2, 0) is 19.1 Å². The second-order valence-corrected chi connectivity index (χ2v) is 19.0. The zero-order valence-corrected chi connectivity index (χ0v) is 42.8. The number of ether oxygens (including phenoxy) is 2. The van der Waals surface area contributed by atoms with Crippen molar-refractivity contribution < 1.29 is 24.2 Å². The largest absolute Gasteiger partial charge is 0.462 e. The molecule has 5 heteroatoms. The average molecular weight is 898 g/mol. The van der Waals surface area contributed by atoms with Crippen LogP contribution >= 0.6 is 0 Å². The van der Waals surface area contributed by atoms with Gasteiger partial charge in [-0.25, -0.2) is 0 Å². The number of aliphatic hydroxyl groups excluding tert-OH is 1. The summed E-state index contributed by atoms with van der Waals surface area (Å²) < 4.78 is 10.7. The van der Waals surface area contributed by atoms with E-state index in [0.717, 1.165) is 64.2 Å². The molecule has 0 heterocycles. The number of aliphatic hydroxyl groups is 1. The zero-order valence-electron chi connectivity index (χ0n) is 42.8. The Kier molecular flexibility index (Phi) is 53.3. The molecule has 0 aliphatic heterocycles. The fourth-order valence-electron chi connectivity index (χ4n) is 8.39. The van der Waals surface area contributed by atoms with E-state index in [1.807, 2.05) is 0 Å². The van der Waals surface area contributed by atoms with Gasteiger partial charge in [-0.05, 0) is 70.6 Å². The third kappa shape index (κ3) is 52.5. The lowest BCUT2D eigenvalue weighted by atomic mass is 10.0. The molecule has 0 aliphatic carbocycles. The Morgan fingerprint density at radius 2 is 0.672 bits per heavy atom. The van der Waals surface area contributed by atoms with E-state index in [2.05, 4.69) is 62.5 Å². The van der Waals surface area contributed by atoms with Gasteiger partial charge in [0.15, 0.2) is 6.10 Å². The van der Waals surface area contributed by atoms with Gasteiger partial charge in [0, 0.05) is 12.8 Å². The van der Waals surface area contributed by atoms with Crippen LogP contribution in [0.2, 0.25) is 0 Å². The van der Waals surface area contributed by atoms with Crippen molar-refractivity contribution in [1.29, 1.82) is 0 Å². The van der Waals surface area contributed by atoms with E-state index in [4.69, 9.17) is 9.47 Å². The molecule has 0 aromatic carbocycles. The van der Waals surface area contributed by atoms with E-state index in [9.17, 15) is 14.7 Å². The summed E-state index contributed by atoms with van der Waals surface area (Å²) in [5.74, 6) is -0.591. The molecule has 1 unspecified atom stereocenters. The molecule has 0 bridgehead atoms. The summed E-state index contributed by atoms with van der Waals surface area (Å²) in [6.07, 6.45) is 72.4. The van der Waals surface area contributed by atoms with E-state index < -0.39 is 6.10 Å². The summed E-state index contributed by atoms with van der Waals surface area (Å²) in [4.78, 5) is 24.5. The molecule has 0 radical (unpaired) electrons. The Morgan fingerprint density at radius 1 is 0.375 bits per heavy atom. The third-order valence-corrected chi connectivity index (χ3v) is 12.6. The van der Waals surface area contributed by atoms with Gasteiger partial charge in [-0.15, -0.1) is 0 Å². The summed E-state index contributed by atoms with van der Waals surface area (Å²) >= 11 is 0. The number of unbranched alkanes of at least 4 members (excludes halogenated alkanes) is 36. The SMILES string of the molecule is CC/C=C\C/C=C\C/C=C\CCCCCCCCCC(=O)OC(CO)COC(=O)CCCCCCCCCCCCCCCCCCCCCCC/C=C\CCCCCCCCCC. The van der Waals surface area contributed by atoms with Gasteiger partial charge in [-0.3, -0.25) is 9.59 Å². The molecule has 374 valence electrons. The fraction of sp³-hybridized carbons (Fsp3) is 0.831. The highest BCUT2D eigenvalue weighted by Crippen LogP contribution is 2.17. The maximum atomic E-state index is 12.3. The van der Waals surface area contributed by atoms with Crippen molar-refractivity contribution in [3.63, 3.8) is 0 Å². The van der Waals surface area contributed by atoms with Crippen LogP contribution in [0.5, 0.6) is 0 Å². The van der Waals surface area contributed by atoms with Crippen LogP contribution in [0.3, 0.4) is 0 Å². The molecule has 0 fully saturated rings. The zero-order chi connectivity index (χ0) is 46.3. The maximum Gasteiger partial charge on any atom is 0.306 e. The summed E-state index contributed by atoms with van der Waals surface area (Å²) in [5, 5.41) is 9.63. The number of carbonyl (C=O) groups excluding carboxylic acids is 2. The smallest absolute Gasteiger partial charge is 0.306 e. The van der Waals surface area contributed by atoms with E-state index in [-0.39, 0.29) is 25.2 Å². The molecule has 0 spiro atoms. The van der Waals surface area contributed by atoms with Gasteiger partial charge in [-0.1, -0.05) is 262 Å². The average Bonchev–Trinajstić information content (AvgIpc) is 3.30. The van der Waals surface area contributed by atoms with Crippen LogP contribution in [-0.4, -0.2) is 36.4 Å². The fourth-order valence-corrected chi connectivity index (χ4v) is 8.39. The maximum absolute atomic E-state index is 12.3. The summed E-state index contributed by atoms with van der Waals surface area (Å²) in [6.45, 7) is 4.05. The van der Waals surface area contributed by atoms with Crippen molar-refractivity contribution in [3.05, 3.63) is 48.6 Å². The highest BCUT2D eigenvalue weighted by molar-refractivity contribution is 5.70. The van der Waals surface area contributed by atoms with E-state index in [1.165, 1.54) is 205 Å². The van der Waals surface area contributed by atoms with Crippen molar-refractivity contribution >= 4 is 11.9 Å². The van der Waals surface area contributed by atoms with Gasteiger partial charge in [0.2, 0.25) is 0 Å². The summed E-state index contributed by atoms with van der Waals surface area (Å²) in [6, 6.07) is 0. The quantitative estimate of drug-likeness (QED) is 0.0374. The second-order valence-electron chi connectivity index (χ2n) is 19.0. The molecular weight excluding hydrogens is 789 g/mol. The van der Waals surface area contributed by atoms with Gasteiger partial charge in [0.05, 0.1) is 6.61 Å². The topological polar surface area (TPSA) is 72.8 Å². The summed E-state index contributed by atoms with van der Waals surface area (Å²) in [5.41, 5.74) is 0. The summed E-state index contributed by atoms with van der Waals surface area (Å²) in [7, 11) is 0. The van der Waals surface area contributed by atoms with Crippen LogP contribution in [0.4, 0.5) is 0 Å². The molecule has 0 saturated heterocycles. The van der Waals surface area contributed by atoms with Gasteiger partial charge in [0.25, 0.3) is 0 Å². The first-order valence-corrected chi connectivity index (χ1v) is 28.2. The highest BCUT2D eigenvalue weighted by Gasteiger charge is 2.16. The minimum Gasteiger partial charge on any atom is -0.462 e. The molecule has 5 nitrogen and oxygen atoms in total. The molecule has 0 aliphatic rings. The second kappa shape index (κ2) is 55.2. The van der Waals surface area contributed by atoms with Crippen LogP contribution in [0, 0.1) is 0 Å². The number of hydrogen-bond acceptors (Lipinski definition) is 5. The molecule has 1 N–H and O–H groups in total. The number of hydrogen-bond donors (Lipinski definition) is 1. The highest BCUT2D eigenvalue weighted by atomic mass is 16.6. The Hall–Kier alpha value is -2.14. The van der Waals surface area contributed by atoms with E-state index >= 15 is 0 Å². The Morgan fingerprint density at radius 3 is 1.03 bits per heavy atom. The first-order valence-electron chi connectivity index (χ1n) is 28.2. The number of carbonyl (C=O) groups is 2.